The lowest BCUT2D eigenvalue weighted by Gasteiger charge is -2.39. The molecule has 0 unspecified atom stereocenters. The van der Waals surface area contributed by atoms with Gasteiger partial charge in [-0.25, -0.2) is 4.79 Å². The second kappa shape index (κ2) is 8.34. The van der Waals surface area contributed by atoms with E-state index in [2.05, 4.69) is 10.2 Å². The molecule has 2 amide bonds. The number of rotatable bonds is 4. The molecule has 23 heavy (non-hydrogen) atoms. The number of nitrogens with one attached hydrogen (secondary N) is 1. The number of urea groups is 1. The van der Waals surface area contributed by atoms with Gasteiger partial charge in [0.25, 0.3) is 0 Å². The summed E-state index contributed by atoms with van der Waals surface area (Å²) in [6.45, 7) is 5.26. The number of hydrogen-bond acceptors (Lipinski definition) is 3. The van der Waals surface area contributed by atoms with Crippen molar-refractivity contribution in [2.75, 3.05) is 39.3 Å². The average Bonchev–Trinajstić information content (AvgIpc) is 3.08. The van der Waals surface area contributed by atoms with E-state index in [1.165, 1.54) is 45.2 Å². The van der Waals surface area contributed by atoms with Gasteiger partial charge in [0.15, 0.2) is 0 Å². The van der Waals surface area contributed by atoms with Crippen molar-refractivity contribution in [3.05, 3.63) is 0 Å². The van der Waals surface area contributed by atoms with E-state index in [1.54, 1.807) is 0 Å². The smallest absolute Gasteiger partial charge is 0.317 e. The number of likely N-dealkylation sites (tertiary alicyclic amines) is 2. The lowest BCUT2D eigenvalue weighted by Crippen LogP contribution is -2.53. The van der Waals surface area contributed by atoms with Crippen LogP contribution in [0.3, 0.4) is 0 Å². The fourth-order valence-corrected chi connectivity index (χ4v) is 4.59. The molecule has 0 radical (unpaired) electrons. The van der Waals surface area contributed by atoms with Gasteiger partial charge in [-0.2, -0.15) is 0 Å². The van der Waals surface area contributed by atoms with Crippen molar-refractivity contribution in [1.82, 2.24) is 15.1 Å². The number of hydrogen-bond donors (Lipinski definition) is 2. The summed E-state index contributed by atoms with van der Waals surface area (Å²) in [5.74, 6) is 0.754. The first-order valence-corrected chi connectivity index (χ1v) is 9.63. The zero-order valence-electron chi connectivity index (χ0n) is 14.4. The van der Waals surface area contributed by atoms with E-state index in [1.807, 2.05) is 4.90 Å². The summed E-state index contributed by atoms with van der Waals surface area (Å²) in [6.07, 6.45) is 9.70. The third kappa shape index (κ3) is 4.83. The molecule has 0 aromatic rings. The van der Waals surface area contributed by atoms with E-state index in [0.717, 1.165) is 32.4 Å². The van der Waals surface area contributed by atoms with Gasteiger partial charge in [0, 0.05) is 38.2 Å². The molecular formula is C18H33N3O2. The number of carbonyl (C=O) groups is 1. The number of carbonyl (C=O) groups excluding carboxylic acids is 1. The minimum absolute atomic E-state index is 0.0986. The molecule has 3 aliphatic rings. The molecular weight excluding hydrogens is 290 g/mol. The SMILES string of the molecule is O=C(NC1CCCCC1)N1C[C@@H](CN2CCCC2)C[C@H](CO)C1. The van der Waals surface area contributed by atoms with Crippen LogP contribution in [-0.4, -0.2) is 66.3 Å². The van der Waals surface area contributed by atoms with Crippen LogP contribution in [-0.2, 0) is 0 Å². The molecule has 0 spiro atoms. The van der Waals surface area contributed by atoms with Gasteiger partial charge < -0.3 is 20.2 Å². The number of aliphatic hydroxyl groups excluding tert-OH is 1. The van der Waals surface area contributed by atoms with E-state index in [9.17, 15) is 9.90 Å². The molecule has 3 rings (SSSR count). The Balaban J connectivity index is 1.52. The third-order valence-corrected chi connectivity index (χ3v) is 5.82. The molecule has 2 saturated heterocycles. The summed E-state index contributed by atoms with van der Waals surface area (Å²) < 4.78 is 0. The Kier molecular flexibility index (Phi) is 6.17. The topological polar surface area (TPSA) is 55.8 Å². The van der Waals surface area contributed by atoms with Crippen LogP contribution in [0.2, 0.25) is 0 Å². The summed E-state index contributed by atoms with van der Waals surface area (Å²) in [6, 6.07) is 0.462. The monoisotopic (exact) mass is 323 g/mol. The van der Waals surface area contributed by atoms with Crippen LogP contribution < -0.4 is 5.32 Å². The van der Waals surface area contributed by atoms with E-state index >= 15 is 0 Å². The molecule has 2 N–H and O–H groups in total. The maximum atomic E-state index is 12.6. The summed E-state index contributed by atoms with van der Waals surface area (Å²) in [4.78, 5) is 17.1. The van der Waals surface area contributed by atoms with E-state index in [0.29, 0.717) is 18.5 Å². The van der Waals surface area contributed by atoms with Crippen molar-refractivity contribution < 1.29 is 9.90 Å². The first-order valence-electron chi connectivity index (χ1n) is 9.63. The van der Waals surface area contributed by atoms with E-state index in [-0.39, 0.29) is 18.6 Å². The molecule has 2 aliphatic heterocycles. The maximum absolute atomic E-state index is 12.6. The first kappa shape index (κ1) is 17.0. The van der Waals surface area contributed by atoms with Crippen molar-refractivity contribution >= 4 is 6.03 Å². The van der Waals surface area contributed by atoms with Crippen LogP contribution in [0.5, 0.6) is 0 Å². The third-order valence-electron chi connectivity index (χ3n) is 5.82. The van der Waals surface area contributed by atoms with Crippen molar-refractivity contribution in [3.63, 3.8) is 0 Å². The number of nitrogens with zero attached hydrogens (tertiary/aromatic N) is 2. The van der Waals surface area contributed by atoms with Crippen molar-refractivity contribution in [3.8, 4) is 0 Å². The lowest BCUT2D eigenvalue weighted by atomic mass is 9.89. The first-order chi connectivity index (χ1) is 11.2. The van der Waals surface area contributed by atoms with Crippen LogP contribution in [0, 0.1) is 11.8 Å². The predicted molar refractivity (Wildman–Crippen MR) is 91.3 cm³/mol. The zero-order valence-corrected chi connectivity index (χ0v) is 14.4. The van der Waals surface area contributed by atoms with Crippen LogP contribution in [0.1, 0.15) is 51.4 Å². The van der Waals surface area contributed by atoms with E-state index < -0.39 is 0 Å². The van der Waals surface area contributed by atoms with Crippen molar-refractivity contribution in [1.29, 1.82) is 0 Å². The lowest BCUT2D eigenvalue weighted by molar-refractivity contribution is 0.0840. The van der Waals surface area contributed by atoms with Gasteiger partial charge in [0.05, 0.1) is 0 Å². The van der Waals surface area contributed by atoms with Gasteiger partial charge >= 0.3 is 6.03 Å². The molecule has 1 saturated carbocycles. The standard InChI is InChI=1S/C18H33N3O2/c22-14-16-10-15(11-20-8-4-5-9-20)12-21(13-16)18(23)19-17-6-2-1-3-7-17/h15-17,22H,1-14H2,(H,19,23)/t15-,16+/m1/s1. The highest BCUT2D eigenvalue weighted by atomic mass is 16.3. The normalized spacial score (nSPS) is 30.6. The fraction of sp³-hybridized carbons (Fsp3) is 0.944. The van der Waals surface area contributed by atoms with Gasteiger partial charge in [-0.1, -0.05) is 19.3 Å². The molecule has 1 aliphatic carbocycles. The Morgan fingerprint density at radius 2 is 1.70 bits per heavy atom. The quantitative estimate of drug-likeness (QED) is 0.832. The number of amides is 2. The second-order valence-electron chi connectivity index (χ2n) is 7.85. The molecule has 5 nitrogen and oxygen atoms in total. The summed E-state index contributed by atoms with van der Waals surface area (Å²) >= 11 is 0. The van der Waals surface area contributed by atoms with Crippen LogP contribution in [0.4, 0.5) is 4.79 Å². The Labute approximate surface area is 140 Å². The van der Waals surface area contributed by atoms with Gasteiger partial charge in [-0.15, -0.1) is 0 Å². The van der Waals surface area contributed by atoms with Crippen LogP contribution >= 0.6 is 0 Å². The molecule has 5 heteroatoms. The summed E-state index contributed by atoms with van der Waals surface area (Å²) in [5, 5.41) is 12.9. The predicted octanol–water partition coefficient (Wildman–Crippen LogP) is 2.05. The molecule has 0 aromatic carbocycles. The number of aliphatic hydroxyl groups is 1. The maximum Gasteiger partial charge on any atom is 0.317 e. The van der Waals surface area contributed by atoms with Crippen molar-refractivity contribution in [2.24, 2.45) is 11.8 Å². The largest absolute Gasteiger partial charge is 0.396 e. The average molecular weight is 323 g/mol. The Bertz CT molecular complexity index is 378. The van der Waals surface area contributed by atoms with Gasteiger partial charge in [0.2, 0.25) is 0 Å². The Hall–Kier alpha value is -0.810. The highest BCUT2D eigenvalue weighted by Crippen LogP contribution is 2.25. The Morgan fingerprint density at radius 3 is 2.39 bits per heavy atom. The summed E-state index contributed by atoms with van der Waals surface area (Å²) in [7, 11) is 0. The number of piperidine rings is 1. The molecule has 132 valence electrons. The molecule has 0 aromatic heterocycles. The minimum Gasteiger partial charge on any atom is -0.396 e. The second-order valence-corrected chi connectivity index (χ2v) is 7.85. The summed E-state index contributed by atoms with van der Waals surface area (Å²) in [5.41, 5.74) is 0. The van der Waals surface area contributed by atoms with Gasteiger partial charge in [0.1, 0.15) is 0 Å². The molecule has 2 heterocycles. The van der Waals surface area contributed by atoms with Gasteiger partial charge in [-0.05, 0) is 51.1 Å². The van der Waals surface area contributed by atoms with Crippen LogP contribution in [0.15, 0.2) is 0 Å². The molecule has 0 bridgehead atoms. The van der Waals surface area contributed by atoms with Crippen LogP contribution in [0.25, 0.3) is 0 Å². The molecule has 3 fully saturated rings. The fourth-order valence-electron chi connectivity index (χ4n) is 4.59. The van der Waals surface area contributed by atoms with E-state index in [4.69, 9.17) is 0 Å². The Morgan fingerprint density at radius 1 is 1.00 bits per heavy atom. The minimum atomic E-state index is 0.0986. The highest BCUT2D eigenvalue weighted by molar-refractivity contribution is 5.74. The molecule has 2 atom stereocenters. The zero-order chi connectivity index (χ0) is 16.1. The van der Waals surface area contributed by atoms with Crippen molar-refractivity contribution in [2.45, 2.75) is 57.4 Å². The highest BCUT2D eigenvalue weighted by Gasteiger charge is 2.32. The van der Waals surface area contributed by atoms with Gasteiger partial charge in [-0.3, -0.25) is 0 Å².